The molecule has 0 atom stereocenters. The van der Waals surface area contributed by atoms with Crippen molar-refractivity contribution in [2.24, 2.45) is 0 Å². The van der Waals surface area contributed by atoms with Crippen LogP contribution in [0, 0.1) is 10.1 Å². The van der Waals surface area contributed by atoms with Crippen molar-refractivity contribution in [1.82, 2.24) is 14.8 Å². The number of thioether (sulfide) groups is 1. The van der Waals surface area contributed by atoms with E-state index in [9.17, 15) is 10.1 Å². The Morgan fingerprint density at radius 3 is 2.63 bits per heavy atom. The summed E-state index contributed by atoms with van der Waals surface area (Å²) in [5.74, 6) is 4.58. The topological polar surface area (TPSA) is 90.9 Å². The van der Waals surface area contributed by atoms with E-state index in [0.29, 0.717) is 12.4 Å². The second-order valence-corrected chi connectivity index (χ2v) is 8.77. The summed E-state index contributed by atoms with van der Waals surface area (Å²) >= 11 is 1.72. The van der Waals surface area contributed by atoms with Crippen molar-refractivity contribution in [1.29, 1.82) is 0 Å². The maximum Gasteiger partial charge on any atom is 0.311 e. The first-order valence-corrected chi connectivity index (χ1v) is 11.2. The lowest BCUT2D eigenvalue weighted by atomic mass is 10.3. The van der Waals surface area contributed by atoms with Crippen molar-refractivity contribution < 1.29 is 9.34 Å². The monoisotopic (exact) mass is 434 g/mol. The number of piperazine rings is 1. The normalized spacial score (nSPS) is 15.0. The molecular weight excluding hydrogens is 404 g/mol. The molecule has 1 aliphatic heterocycles. The van der Waals surface area contributed by atoms with Crippen molar-refractivity contribution >= 4 is 29.1 Å². The van der Waals surface area contributed by atoms with Gasteiger partial charge in [-0.1, -0.05) is 0 Å². The number of likely N-dealkylation sites (N-methyl/N-ethyl adjacent to an activating group) is 1. The van der Waals surface area contributed by atoms with Crippen molar-refractivity contribution in [2.75, 3.05) is 69.8 Å². The first-order valence-electron chi connectivity index (χ1n) is 10.0. The van der Waals surface area contributed by atoms with E-state index < -0.39 is 0 Å². The number of furan rings is 1. The summed E-state index contributed by atoms with van der Waals surface area (Å²) < 4.78 is 5.81. The van der Waals surface area contributed by atoms with Crippen molar-refractivity contribution in [3.8, 4) is 0 Å². The number of nitrogens with zero attached hydrogens (tertiary/aromatic N) is 5. The van der Waals surface area contributed by atoms with E-state index in [0.717, 1.165) is 61.6 Å². The number of aromatic nitrogens is 1. The van der Waals surface area contributed by atoms with Gasteiger partial charge in [-0.3, -0.25) is 10.1 Å². The Balaban J connectivity index is 1.51. The fraction of sp³-hybridized carbons (Fsp3) is 0.550. The highest BCUT2D eigenvalue weighted by molar-refractivity contribution is 7.98. The zero-order valence-corrected chi connectivity index (χ0v) is 18.7. The van der Waals surface area contributed by atoms with Crippen LogP contribution in [-0.2, 0) is 12.3 Å². The second kappa shape index (κ2) is 10.6. The van der Waals surface area contributed by atoms with Crippen LogP contribution in [0.25, 0.3) is 0 Å². The number of hydrogen-bond acceptors (Lipinski definition) is 9. The highest BCUT2D eigenvalue weighted by Gasteiger charge is 2.20. The Kier molecular flexibility index (Phi) is 7.94. The number of anilines is 2. The molecule has 164 valence electrons. The molecule has 9 nitrogen and oxygen atoms in total. The highest BCUT2D eigenvalue weighted by Crippen LogP contribution is 2.26. The van der Waals surface area contributed by atoms with Gasteiger partial charge in [-0.2, -0.15) is 11.8 Å². The molecule has 1 fully saturated rings. The standard InChI is InChI=1S/C20H30N6O3S/c1-23(2)14-16-4-5-17(29-16)15-30-13-8-21-20-18(26(27)28)6-7-19(22-20)25-11-9-24(3)10-12-25/h4-7H,8-15H2,1-3H3,(H,21,22). The zero-order chi connectivity index (χ0) is 21.5. The van der Waals surface area contributed by atoms with E-state index in [1.54, 1.807) is 23.9 Å². The van der Waals surface area contributed by atoms with Gasteiger partial charge < -0.3 is 24.4 Å². The lowest BCUT2D eigenvalue weighted by molar-refractivity contribution is -0.384. The molecule has 1 N–H and O–H groups in total. The van der Waals surface area contributed by atoms with E-state index in [1.807, 2.05) is 26.2 Å². The van der Waals surface area contributed by atoms with Crippen LogP contribution in [0.4, 0.5) is 17.3 Å². The summed E-state index contributed by atoms with van der Waals surface area (Å²) in [7, 11) is 6.11. The summed E-state index contributed by atoms with van der Waals surface area (Å²) in [5.41, 5.74) is 0.0113. The predicted molar refractivity (Wildman–Crippen MR) is 121 cm³/mol. The summed E-state index contributed by atoms with van der Waals surface area (Å²) in [6.45, 7) is 5.04. The predicted octanol–water partition coefficient (Wildman–Crippen LogP) is 2.74. The fourth-order valence-electron chi connectivity index (χ4n) is 3.24. The van der Waals surface area contributed by atoms with E-state index in [-0.39, 0.29) is 10.6 Å². The average molecular weight is 435 g/mol. The van der Waals surface area contributed by atoms with Crippen LogP contribution >= 0.6 is 11.8 Å². The zero-order valence-electron chi connectivity index (χ0n) is 17.8. The van der Waals surface area contributed by atoms with Crippen LogP contribution < -0.4 is 10.2 Å². The lowest BCUT2D eigenvalue weighted by Crippen LogP contribution is -2.44. The van der Waals surface area contributed by atoms with E-state index in [4.69, 9.17) is 4.42 Å². The SMILES string of the molecule is CN(C)Cc1ccc(CSCCNc2nc(N3CCN(C)CC3)ccc2[N+](=O)[O-])o1. The minimum absolute atomic E-state index is 0.0113. The number of nitro groups is 1. The largest absolute Gasteiger partial charge is 0.464 e. The summed E-state index contributed by atoms with van der Waals surface area (Å²) in [5, 5.41) is 14.5. The average Bonchev–Trinajstić information content (AvgIpc) is 3.14. The van der Waals surface area contributed by atoms with Gasteiger partial charge >= 0.3 is 5.69 Å². The first-order chi connectivity index (χ1) is 14.4. The highest BCUT2D eigenvalue weighted by atomic mass is 32.2. The van der Waals surface area contributed by atoms with Crippen molar-refractivity contribution in [3.63, 3.8) is 0 Å². The third-order valence-electron chi connectivity index (χ3n) is 4.86. The van der Waals surface area contributed by atoms with Gasteiger partial charge in [0, 0.05) is 44.5 Å². The van der Waals surface area contributed by atoms with Gasteiger partial charge in [0.1, 0.15) is 17.3 Å². The molecule has 0 bridgehead atoms. The summed E-state index contributed by atoms with van der Waals surface area (Å²) in [6.07, 6.45) is 0. The minimum Gasteiger partial charge on any atom is -0.464 e. The third kappa shape index (κ3) is 6.35. The minimum atomic E-state index is -0.384. The van der Waals surface area contributed by atoms with Gasteiger partial charge in [0.2, 0.25) is 5.82 Å². The van der Waals surface area contributed by atoms with E-state index >= 15 is 0 Å². The molecule has 30 heavy (non-hydrogen) atoms. The van der Waals surface area contributed by atoms with Gasteiger partial charge in [-0.25, -0.2) is 4.98 Å². The molecule has 1 aliphatic rings. The molecule has 0 unspecified atom stereocenters. The van der Waals surface area contributed by atoms with Gasteiger partial charge in [-0.05, 0) is 39.3 Å². The van der Waals surface area contributed by atoms with Crippen LogP contribution in [-0.4, -0.2) is 79.3 Å². The van der Waals surface area contributed by atoms with E-state index in [2.05, 4.69) is 32.0 Å². The quantitative estimate of drug-likeness (QED) is 0.344. The molecule has 10 heteroatoms. The molecule has 0 amide bonds. The molecule has 0 aromatic carbocycles. The molecular formula is C20H30N6O3S. The van der Waals surface area contributed by atoms with Gasteiger partial charge in [0.25, 0.3) is 0 Å². The van der Waals surface area contributed by atoms with Crippen molar-refractivity contribution in [3.05, 3.63) is 45.9 Å². The van der Waals surface area contributed by atoms with Crippen LogP contribution in [0.5, 0.6) is 0 Å². The van der Waals surface area contributed by atoms with Crippen LogP contribution in [0.1, 0.15) is 11.5 Å². The first kappa shape index (κ1) is 22.4. The van der Waals surface area contributed by atoms with Crippen molar-refractivity contribution in [2.45, 2.75) is 12.3 Å². The van der Waals surface area contributed by atoms with Crippen LogP contribution in [0.15, 0.2) is 28.7 Å². The molecule has 0 aliphatic carbocycles. The molecule has 0 spiro atoms. The Morgan fingerprint density at radius 2 is 1.93 bits per heavy atom. The molecule has 3 rings (SSSR count). The van der Waals surface area contributed by atoms with Gasteiger partial charge in [-0.15, -0.1) is 0 Å². The molecule has 0 saturated carbocycles. The maximum absolute atomic E-state index is 11.4. The van der Waals surface area contributed by atoms with Gasteiger partial charge in [0.15, 0.2) is 0 Å². The lowest BCUT2D eigenvalue weighted by Gasteiger charge is -2.33. The number of pyridine rings is 1. The Hall–Kier alpha value is -2.30. The Labute approximate surface area is 181 Å². The van der Waals surface area contributed by atoms with E-state index in [1.165, 1.54) is 0 Å². The Morgan fingerprint density at radius 1 is 1.20 bits per heavy atom. The van der Waals surface area contributed by atoms with Crippen LogP contribution in [0.3, 0.4) is 0 Å². The molecule has 2 aromatic rings. The number of hydrogen-bond donors (Lipinski definition) is 1. The molecule has 0 radical (unpaired) electrons. The van der Waals surface area contributed by atoms with Gasteiger partial charge in [0.05, 0.1) is 17.2 Å². The number of rotatable bonds is 10. The Bertz CT molecular complexity index is 836. The maximum atomic E-state index is 11.4. The molecule has 2 aromatic heterocycles. The summed E-state index contributed by atoms with van der Waals surface area (Å²) in [4.78, 5) is 22.1. The molecule has 3 heterocycles. The molecule has 1 saturated heterocycles. The summed E-state index contributed by atoms with van der Waals surface area (Å²) in [6, 6.07) is 7.30. The number of nitrogens with one attached hydrogen (secondary N) is 1. The van der Waals surface area contributed by atoms with Crippen LogP contribution in [0.2, 0.25) is 0 Å². The second-order valence-electron chi connectivity index (χ2n) is 7.67. The smallest absolute Gasteiger partial charge is 0.311 e. The fourth-order valence-corrected chi connectivity index (χ4v) is 3.99. The third-order valence-corrected chi connectivity index (χ3v) is 5.84.